The van der Waals surface area contributed by atoms with E-state index in [-0.39, 0.29) is 6.42 Å². The number of carboxylic acids is 1. The second kappa shape index (κ2) is 15.7. The second-order valence-electron chi connectivity index (χ2n) is 3.42. The summed E-state index contributed by atoms with van der Waals surface area (Å²) in [6, 6.07) is 0. The summed E-state index contributed by atoms with van der Waals surface area (Å²) < 4.78 is 110. The van der Waals surface area contributed by atoms with Gasteiger partial charge in [-0.05, 0) is 38.4 Å². The van der Waals surface area contributed by atoms with Crippen LogP contribution in [-0.4, -0.2) is 11.1 Å². The van der Waals surface area contributed by atoms with Crippen molar-refractivity contribution in [3.63, 3.8) is 0 Å². The van der Waals surface area contributed by atoms with Crippen LogP contribution in [0.2, 0.25) is 0 Å². The molecule has 0 aromatic carbocycles. The molecule has 0 aromatic heterocycles. The lowest BCUT2D eigenvalue weighted by atomic mass is 10.1. The predicted octanol–water partition coefficient (Wildman–Crippen LogP) is 5.66. The molecule has 0 fully saturated rings. The highest BCUT2D eigenvalue weighted by Gasteiger charge is 1.95. The Labute approximate surface area is 143 Å². The molecule has 1 N–H and O–H groups in total. The van der Waals surface area contributed by atoms with Gasteiger partial charge in [-0.15, -0.1) is 0 Å². The van der Waals surface area contributed by atoms with Gasteiger partial charge in [-0.25, -0.2) is 0 Å². The molecule has 0 spiro atoms. The quantitative estimate of drug-likeness (QED) is 0.445. The third-order valence-corrected chi connectivity index (χ3v) is 1.81. The van der Waals surface area contributed by atoms with E-state index in [4.69, 9.17) is 24.3 Å². The molecule has 0 heterocycles. The van der Waals surface area contributed by atoms with Gasteiger partial charge in [0.25, 0.3) is 0 Å². The number of carboxylic acid groups (broad SMARTS) is 1. The van der Waals surface area contributed by atoms with E-state index in [9.17, 15) is 4.79 Å². The number of carbonyl (C=O) groups is 1. The van der Waals surface area contributed by atoms with Crippen molar-refractivity contribution < 1.29 is 29.1 Å². The van der Waals surface area contributed by atoms with Gasteiger partial charge in [0.1, 0.15) is 0 Å². The molecule has 20 heavy (non-hydrogen) atoms. The Morgan fingerprint density at radius 1 is 0.900 bits per heavy atom. The minimum absolute atomic E-state index is 0.133. The molecule has 0 saturated carbocycles. The van der Waals surface area contributed by atoms with E-state index in [0.717, 1.165) is 6.42 Å². The SMILES string of the molecule is [2H]C([2H])(/C=C\C/C=C\C/C=C\CC)C([2H])([2H])C([2H])([2H])C([2H])([2H])C([2H])([2H])C([2H])([2H])C([2H])([2H])C(=O)O. The zero-order valence-electron chi connectivity index (χ0n) is 25.4. The summed E-state index contributed by atoms with van der Waals surface area (Å²) in [5.41, 5.74) is 0. The van der Waals surface area contributed by atoms with Gasteiger partial charge in [-0.1, -0.05) is 62.5 Å². The molecule has 0 rings (SSSR count). The van der Waals surface area contributed by atoms with Gasteiger partial charge in [0.05, 0.1) is 0 Å². The summed E-state index contributed by atoms with van der Waals surface area (Å²) >= 11 is 0. The average molecular weight is 293 g/mol. The maximum Gasteiger partial charge on any atom is 0.303 e. The van der Waals surface area contributed by atoms with Gasteiger partial charge in [0.15, 0.2) is 0 Å². The highest BCUT2D eigenvalue weighted by atomic mass is 16.4. The maximum atomic E-state index is 11.1. The normalized spacial score (nSPS) is 27.4. The fourth-order valence-corrected chi connectivity index (χ4v) is 0.996. The highest BCUT2D eigenvalue weighted by Crippen LogP contribution is 2.07. The average Bonchev–Trinajstić information content (AvgIpc) is 2.68. The van der Waals surface area contributed by atoms with Crippen molar-refractivity contribution in [1.29, 1.82) is 0 Å². The van der Waals surface area contributed by atoms with Crippen LogP contribution in [0.25, 0.3) is 0 Å². The summed E-state index contributed by atoms with van der Waals surface area (Å²) in [6.07, 6.45) is -17.2. The van der Waals surface area contributed by atoms with Gasteiger partial charge < -0.3 is 5.11 Å². The van der Waals surface area contributed by atoms with Crippen LogP contribution in [-0.2, 0) is 4.79 Å². The molecule has 0 saturated heterocycles. The van der Waals surface area contributed by atoms with Crippen molar-refractivity contribution in [2.45, 2.75) is 70.8 Å². The molecule has 0 aliphatic carbocycles. The Morgan fingerprint density at radius 2 is 1.45 bits per heavy atom. The predicted molar refractivity (Wildman–Crippen MR) is 86.9 cm³/mol. The minimum Gasteiger partial charge on any atom is -0.481 e. The Hall–Kier alpha value is -1.31. The zero-order valence-corrected chi connectivity index (χ0v) is 11.4. The summed E-state index contributed by atoms with van der Waals surface area (Å²) in [5.74, 6) is -2.47. The van der Waals surface area contributed by atoms with Gasteiger partial charge in [0, 0.05) is 25.6 Å². The topological polar surface area (TPSA) is 37.3 Å². The van der Waals surface area contributed by atoms with Crippen molar-refractivity contribution in [2.75, 3.05) is 0 Å². The van der Waals surface area contributed by atoms with Crippen LogP contribution in [0, 0.1) is 0 Å². The first-order chi connectivity index (χ1) is 15.0. The standard InChI is InChI=1S/C18H30O2/c1-2-3-4-5-6-7-8-9-10-11-12-13-14-15-16-17-18(19)20/h3-4,6-7,9-10H,2,5,8,11-17H2,1H3,(H,19,20)/b4-3-,7-6-,10-9-/i11D2,12D2,13D2,14D2,15D2,16D2,17D2. The molecule has 114 valence electrons. The van der Waals surface area contributed by atoms with Gasteiger partial charge >= 0.3 is 5.97 Å². The van der Waals surface area contributed by atoms with Crippen LogP contribution < -0.4 is 0 Å². The first kappa shape index (κ1) is 5.82. The third-order valence-electron chi connectivity index (χ3n) is 1.81. The van der Waals surface area contributed by atoms with Crippen molar-refractivity contribution in [3.05, 3.63) is 36.5 Å². The molecule has 0 aliphatic rings. The molecule has 0 atom stereocenters. The van der Waals surface area contributed by atoms with Crippen LogP contribution in [0.1, 0.15) is 90.0 Å². The molecule has 0 aliphatic heterocycles. The highest BCUT2D eigenvalue weighted by molar-refractivity contribution is 5.66. The van der Waals surface area contributed by atoms with Crippen LogP contribution in [0.4, 0.5) is 0 Å². The van der Waals surface area contributed by atoms with E-state index < -0.39 is 50.6 Å². The molecule has 2 nitrogen and oxygen atoms in total. The van der Waals surface area contributed by atoms with E-state index in [1.165, 1.54) is 6.08 Å². The molecule has 0 amide bonds. The van der Waals surface area contributed by atoms with Crippen LogP contribution >= 0.6 is 0 Å². The van der Waals surface area contributed by atoms with Crippen LogP contribution in [0.5, 0.6) is 0 Å². The molecule has 0 radical (unpaired) electrons. The zero-order chi connectivity index (χ0) is 27.4. The lowest BCUT2D eigenvalue weighted by Gasteiger charge is -1.98. The van der Waals surface area contributed by atoms with E-state index in [1.807, 2.05) is 19.1 Å². The van der Waals surface area contributed by atoms with E-state index in [0.29, 0.717) is 12.5 Å². The summed E-state index contributed by atoms with van der Waals surface area (Å²) in [5, 5.41) is 8.95. The van der Waals surface area contributed by atoms with E-state index in [2.05, 4.69) is 0 Å². The number of aliphatic carboxylic acids is 1. The fraction of sp³-hybridized carbons (Fsp3) is 0.611. The lowest BCUT2D eigenvalue weighted by molar-refractivity contribution is -0.137. The Balaban J connectivity index is 6.13. The van der Waals surface area contributed by atoms with E-state index in [1.54, 1.807) is 12.2 Å². The van der Waals surface area contributed by atoms with Crippen molar-refractivity contribution in [1.82, 2.24) is 0 Å². The summed E-state index contributed by atoms with van der Waals surface area (Å²) in [6.45, 7) is 1.96. The monoisotopic (exact) mass is 292 g/mol. The molecular formula is C18H30O2. The third kappa shape index (κ3) is 16.7. The van der Waals surface area contributed by atoms with E-state index >= 15 is 0 Å². The Kier molecular flexibility index (Phi) is 4.59. The second-order valence-corrected chi connectivity index (χ2v) is 3.42. The van der Waals surface area contributed by atoms with Crippen LogP contribution in [0.3, 0.4) is 0 Å². The number of rotatable bonds is 13. The smallest absolute Gasteiger partial charge is 0.303 e. The summed E-state index contributed by atoms with van der Waals surface area (Å²) in [7, 11) is 0. The fourth-order valence-electron chi connectivity index (χ4n) is 0.996. The molecule has 0 unspecified atom stereocenters. The largest absolute Gasteiger partial charge is 0.481 e. The molecular weight excluding hydrogens is 248 g/mol. The number of allylic oxidation sites excluding steroid dienone is 6. The van der Waals surface area contributed by atoms with Crippen molar-refractivity contribution in [3.8, 4) is 0 Å². The summed E-state index contributed by atoms with van der Waals surface area (Å²) in [4.78, 5) is 11.1. The van der Waals surface area contributed by atoms with Crippen LogP contribution in [0.15, 0.2) is 36.5 Å². The first-order valence-corrected chi connectivity index (χ1v) is 6.21. The Morgan fingerprint density at radius 3 is 2.10 bits per heavy atom. The Bertz CT molecular complexity index is 796. The number of hydrogen-bond donors (Lipinski definition) is 1. The van der Waals surface area contributed by atoms with Gasteiger partial charge in [-0.3, -0.25) is 4.79 Å². The lowest BCUT2D eigenvalue weighted by Crippen LogP contribution is -1.93. The maximum absolute atomic E-state index is 11.1. The molecule has 0 bridgehead atoms. The van der Waals surface area contributed by atoms with Crippen molar-refractivity contribution >= 4 is 5.97 Å². The molecule has 0 aromatic rings. The van der Waals surface area contributed by atoms with Gasteiger partial charge in [0.2, 0.25) is 0 Å². The minimum atomic E-state index is -4.26. The van der Waals surface area contributed by atoms with Gasteiger partial charge in [-0.2, -0.15) is 0 Å². The van der Waals surface area contributed by atoms with Crippen molar-refractivity contribution in [2.24, 2.45) is 0 Å². The number of hydrogen-bond acceptors (Lipinski definition) is 1. The molecule has 2 heteroatoms. The first-order valence-electron chi connectivity index (χ1n) is 13.2.